The molecule has 0 radical (unpaired) electrons. The maximum atomic E-state index is 11.7. The van der Waals surface area contributed by atoms with Crippen molar-refractivity contribution in [1.29, 1.82) is 0 Å². The van der Waals surface area contributed by atoms with Crippen LogP contribution in [-0.4, -0.2) is 23.9 Å². The Morgan fingerprint density at radius 1 is 1.08 bits per heavy atom. The molecule has 0 saturated heterocycles. The molecular weight excluding hydrogens is 318 g/mol. The van der Waals surface area contributed by atoms with Gasteiger partial charge in [-0.1, -0.05) is 12.1 Å². The Bertz CT molecular complexity index is 877. The van der Waals surface area contributed by atoms with Gasteiger partial charge in [-0.2, -0.15) is 0 Å². The van der Waals surface area contributed by atoms with Crippen molar-refractivity contribution in [1.82, 2.24) is 0 Å². The number of nitrogens with zero attached hydrogens (tertiary/aromatic N) is 1. The molecule has 0 amide bonds. The largest absolute Gasteiger partial charge is 0.508 e. The molecule has 0 atom stereocenters. The molecule has 0 bridgehead atoms. The zero-order valence-corrected chi connectivity index (χ0v) is 13.7. The Balaban J connectivity index is 1.72. The number of carbonyl (C=O) groups excluding carboxylic acids is 1. The van der Waals surface area contributed by atoms with Gasteiger partial charge in [-0.3, -0.25) is 4.99 Å². The van der Waals surface area contributed by atoms with E-state index in [0.717, 1.165) is 11.3 Å². The topological polar surface area (TPSA) is 72.0 Å². The first-order chi connectivity index (χ1) is 12.2. The molecule has 0 aliphatic heterocycles. The number of phenols is 1. The van der Waals surface area contributed by atoms with Crippen molar-refractivity contribution >= 4 is 17.9 Å². The van der Waals surface area contributed by atoms with Crippen molar-refractivity contribution in [2.24, 2.45) is 4.99 Å². The predicted molar refractivity (Wildman–Crippen MR) is 95.5 cm³/mol. The lowest BCUT2D eigenvalue weighted by Crippen LogP contribution is -2.03. The number of hydrogen-bond acceptors (Lipinski definition) is 5. The van der Waals surface area contributed by atoms with Gasteiger partial charge in [0.2, 0.25) is 0 Å². The van der Waals surface area contributed by atoms with Gasteiger partial charge in [0.1, 0.15) is 17.3 Å². The summed E-state index contributed by atoms with van der Waals surface area (Å²) in [6, 6.07) is 17.3. The summed E-state index contributed by atoms with van der Waals surface area (Å²) in [6.07, 6.45) is 1.61. The zero-order valence-electron chi connectivity index (χ0n) is 13.7. The van der Waals surface area contributed by atoms with Crippen LogP contribution in [0.3, 0.4) is 0 Å². The SMILES string of the molecule is CCOC(=O)c1ccc(-c2ccc(C=Nc3ccc(O)cc3)o2)cc1. The molecule has 0 unspecified atom stereocenters. The van der Waals surface area contributed by atoms with E-state index in [0.29, 0.717) is 23.7 Å². The van der Waals surface area contributed by atoms with Crippen LogP contribution < -0.4 is 0 Å². The van der Waals surface area contributed by atoms with E-state index in [1.165, 1.54) is 0 Å². The van der Waals surface area contributed by atoms with Crippen molar-refractivity contribution in [3.05, 3.63) is 72.0 Å². The summed E-state index contributed by atoms with van der Waals surface area (Å²) < 4.78 is 10.7. The van der Waals surface area contributed by atoms with E-state index in [4.69, 9.17) is 9.15 Å². The number of phenolic OH excluding ortho intramolecular Hbond substituents is 1. The average molecular weight is 335 g/mol. The van der Waals surface area contributed by atoms with E-state index in [2.05, 4.69) is 4.99 Å². The van der Waals surface area contributed by atoms with Gasteiger partial charge in [0.05, 0.1) is 24.1 Å². The molecule has 0 saturated carbocycles. The molecule has 0 spiro atoms. The van der Waals surface area contributed by atoms with Crippen molar-refractivity contribution in [3.8, 4) is 17.1 Å². The Hall–Kier alpha value is -3.34. The Labute approximate surface area is 145 Å². The van der Waals surface area contributed by atoms with Gasteiger partial charge in [-0.25, -0.2) is 4.79 Å². The minimum absolute atomic E-state index is 0.200. The molecule has 3 rings (SSSR count). The molecular formula is C20H17NO4. The smallest absolute Gasteiger partial charge is 0.338 e. The first-order valence-corrected chi connectivity index (χ1v) is 7.86. The summed E-state index contributed by atoms with van der Waals surface area (Å²) in [5.41, 5.74) is 2.08. The monoisotopic (exact) mass is 335 g/mol. The van der Waals surface area contributed by atoms with Crippen LogP contribution in [0, 0.1) is 0 Å². The van der Waals surface area contributed by atoms with Crippen molar-refractivity contribution in [2.75, 3.05) is 6.61 Å². The highest BCUT2D eigenvalue weighted by Gasteiger charge is 2.08. The zero-order chi connectivity index (χ0) is 17.6. The lowest BCUT2D eigenvalue weighted by molar-refractivity contribution is 0.0526. The molecule has 0 fully saturated rings. The molecule has 5 nitrogen and oxygen atoms in total. The first kappa shape index (κ1) is 16.5. The van der Waals surface area contributed by atoms with Crippen LogP contribution in [0.1, 0.15) is 23.0 Å². The van der Waals surface area contributed by atoms with Gasteiger partial charge in [-0.05, 0) is 55.5 Å². The molecule has 3 aromatic rings. The second-order valence-electron chi connectivity index (χ2n) is 5.27. The number of carbonyl (C=O) groups is 1. The molecule has 1 aromatic heterocycles. The Kier molecular flexibility index (Phi) is 4.95. The van der Waals surface area contributed by atoms with Crippen molar-refractivity contribution < 1.29 is 19.1 Å². The fraction of sp³-hybridized carbons (Fsp3) is 0.100. The molecule has 126 valence electrons. The summed E-state index contributed by atoms with van der Waals surface area (Å²) in [5, 5.41) is 9.26. The maximum Gasteiger partial charge on any atom is 0.338 e. The highest BCUT2D eigenvalue weighted by atomic mass is 16.5. The van der Waals surface area contributed by atoms with Gasteiger partial charge >= 0.3 is 5.97 Å². The standard InChI is InChI=1S/C20H17NO4/c1-2-24-20(23)15-5-3-14(4-6-15)19-12-11-18(25-19)13-21-16-7-9-17(22)10-8-16/h3-13,22H,2H2,1H3. The van der Waals surface area contributed by atoms with E-state index in [1.807, 2.05) is 24.3 Å². The lowest BCUT2D eigenvalue weighted by atomic mass is 10.1. The van der Waals surface area contributed by atoms with Crippen LogP contribution in [-0.2, 0) is 4.74 Å². The summed E-state index contributed by atoms with van der Waals surface area (Å²) in [6.45, 7) is 2.12. The molecule has 2 aromatic carbocycles. The molecule has 1 N–H and O–H groups in total. The van der Waals surface area contributed by atoms with E-state index in [1.54, 1.807) is 49.5 Å². The van der Waals surface area contributed by atoms with E-state index >= 15 is 0 Å². The minimum Gasteiger partial charge on any atom is -0.508 e. The lowest BCUT2D eigenvalue weighted by Gasteiger charge is -2.02. The maximum absolute atomic E-state index is 11.7. The summed E-state index contributed by atoms with van der Waals surface area (Å²) in [4.78, 5) is 16.0. The third-order valence-corrected chi connectivity index (χ3v) is 3.50. The summed E-state index contributed by atoms with van der Waals surface area (Å²) >= 11 is 0. The van der Waals surface area contributed by atoms with E-state index < -0.39 is 0 Å². The van der Waals surface area contributed by atoms with Crippen LogP contribution in [0.15, 0.2) is 70.1 Å². The molecule has 0 aliphatic rings. The van der Waals surface area contributed by atoms with Gasteiger partial charge in [0.15, 0.2) is 0 Å². The van der Waals surface area contributed by atoms with E-state index in [9.17, 15) is 9.90 Å². The van der Waals surface area contributed by atoms with Gasteiger partial charge in [0, 0.05) is 5.56 Å². The number of aliphatic imine (C=N–C) groups is 1. The van der Waals surface area contributed by atoms with Crippen molar-refractivity contribution in [3.63, 3.8) is 0 Å². The van der Waals surface area contributed by atoms with E-state index in [-0.39, 0.29) is 11.7 Å². The summed E-state index contributed by atoms with van der Waals surface area (Å²) in [7, 11) is 0. The second-order valence-corrected chi connectivity index (χ2v) is 5.27. The Morgan fingerprint density at radius 3 is 2.48 bits per heavy atom. The second kappa shape index (κ2) is 7.49. The van der Waals surface area contributed by atoms with Crippen LogP contribution in [0.5, 0.6) is 5.75 Å². The van der Waals surface area contributed by atoms with Crippen LogP contribution in [0.25, 0.3) is 11.3 Å². The number of hydrogen-bond donors (Lipinski definition) is 1. The van der Waals surface area contributed by atoms with Crippen LogP contribution >= 0.6 is 0 Å². The van der Waals surface area contributed by atoms with Crippen LogP contribution in [0.4, 0.5) is 5.69 Å². The quantitative estimate of drug-likeness (QED) is 0.547. The number of aromatic hydroxyl groups is 1. The highest BCUT2D eigenvalue weighted by Crippen LogP contribution is 2.23. The molecule has 5 heteroatoms. The van der Waals surface area contributed by atoms with Gasteiger partial charge < -0.3 is 14.3 Å². The Morgan fingerprint density at radius 2 is 1.80 bits per heavy atom. The number of furan rings is 1. The van der Waals surface area contributed by atoms with Crippen molar-refractivity contribution in [2.45, 2.75) is 6.92 Å². The number of rotatable bonds is 5. The highest BCUT2D eigenvalue weighted by molar-refractivity contribution is 5.90. The number of esters is 1. The third kappa shape index (κ3) is 4.14. The summed E-state index contributed by atoms with van der Waals surface area (Å²) in [5.74, 6) is 1.15. The number of benzene rings is 2. The predicted octanol–water partition coefficient (Wildman–Crippen LogP) is 4.58. The fourth-order valence-corrected chi connectivity index (χ4v) is 2.24. The molecule has 0 aliphatic carbocycles. The fourth-order valence-electron chi connectivity index (χ4n) is 2.24. The number of ether oxygens (including phenoxy) is 1. The average Bonchev–Trinajstić information content (AvgIpc) is 3.11. The minimum atomic E-state index is -0.338. The molecule has 1 heterocycles. The first-order valence-electron chi connectivity index (χ1n) is 7.86. The van der Waals surface area contributed by atoms with Gasteiger partial charge in [0.25, 0.3) is 0 Å². The van der Waals surface area contributed by atoms with Crippen LogP contribution in [0.2, 0.25) is 0 Å². The third-order valence-electron chi connectivity index (χ3n) is 3.50. The normalized spacial score (nSPS) is 10.9. The van der Waals surface area contributed by atoms with Gasteiger partial charge in [-0.15, -0.1) is 0 Å². The molecule has 25 heavy (non-hydrogen) atoms.